The molecule has 2 aromatic carbocycles. The minimum absolute atomic E-state index is 0.343. The fourth-order valence-corrected chi connectivity index (χ4v) is 3.36. The molecule has 0 aliphatic rings. The Morgan fingerprint density at radius 1 is 1.15 bits per heavy atom. The number of hydrogen-bond acceptors (Lipinski definition) is 1. The molecule has 4 aromatic rings. The van der Waals surface area contributed by atoms with Gasteiger partial charge in [-0.15, -0.1) is 0 Å². The lowest BCUT2D eigenvalue weighted by molar-refractivity contribution is -0.660. The minimum Gasteiger partial charge on any atom is -0.455 e. The monoisotopic (exact) mass is 343 g/mol. The molecule has 0 N–H and O–H groups in total. The van der Waals surface area contributed by atoms with Crippen LogP contribution in [0.15, 0.2) is 53.1 Å². The van der Waals surface area contributed by atoms with Crippen molar-refractivity contribution < 1.29 is 11.7 Å². The normalized spacial score (nSPS) is 12.9. The first-order valence-corrected chi connectivity index (χ1v) is 8.55. The van der Waals surface area contributed by atoms with Crippen molar-refractivity contribution in [2.24, 2.45) is 7.05 Å². The molecule has 26 heavy (non-hydrogen) atoms. The molecule has 0 radical (unpaired) electrons. The van der Waals surface area contributed by atoms with Crippen LogP contribution in [0.4, 0.5) is 5.69 Å². The second-order valence-corrected chi connectivity index (χ2v) is 6.85. The fourth-order valence-electron chi connectivity index (χ4n) is 3.36. The van der Waals surface area contributed by atoms with Crippen molar-refractivity contribution >= 4 is 27.6 Å². The molecule has 3 heteroatoms. The average Bonchev–Trinajstić information content (AvgIpc) is 3.00. The Labute approximate surface area is 156 Å². The quantitative estimate of drug-likeness (QED) is 0.320. The SMILES string of the molecule is [2H]c1cc(C([2H])(C)C)cc(-c2c(C)ccc3c2oc2ccc([N+]#[C-])cc23)[n+]1C. The van der Waals surface area contributed by atoms with Gasteiger partial charge in [-0.05, 0) is 36.1 Å². The predicted octanol–water partition coefficient (Wildman–Crippen LogP) is 6.06. The van der Waals surface area contributed by atoms with Crippen molar-refractivity contribution in [2.75, 3.05) is 0 Å². The van der Waals surface area contributed by atoms with E-state index in [0.717, 1.165) is 44.3 Å². The van der Waals surface area contributed by atoms with Gasteiger partial charge in [-0.3, -0.25) is 0 Å². The number of benzene rings is 2. The van der Waals surface area contributed by atoms with E-state index in [1.807, 2.05) is 62.7 Å². The number of aromatic nitrogens is 1. The maximum Gasteiger partial charge on any atom is 0.216 e. The summed E-state index contributed by atoms with van der Waals surface area (Å²) in [5.74, 6) is -0.807. The van der Waals surface area contributed by atoms with E-state index in [2.05, 4.69) is 4.85 Å². The number of hydrogen-bond donors (Lipinski definition) is 0. The van der Waals surface area contributed by atoms with Crippen LogP contribution in [0.2, 0.25) is 0 Å². The molecule has 0 unspecified atom stereocenters. The van der Waals surface area contributed by atoms with Gasteiger partial charge in [0, 0.05) is 24.3 Å². The maximum absolute atomic E-state index is 8.40. The standard InChI is InChI=1S/C23H21N2O/c1-14(2)16-10-11-25(5)20(12-16)22-15(3)6-8-18-19-13-17(24-4)7-9-21(19)26-23(18)22/h6-14H,1-3,5H3/q+1/i11D,14D. The van der Waals surface area contributed by atoms with Crippen LogP contribution in [0.3, 0.4) is 0 Å². The van der Waals surface area contributed by atoms with Crippen LogP contribution in [0.25, 0.3) is 38.0 Å². The third-order valence-electron chi connectivity index (χ3n) is 4.86. The summed E-state index contributed by atoms with van der Waals surface area (Å²) in [4.78, 5) is 3.53. The van der Waals surface area contributed by atoms with Gasteiger partial charge < -0.3 is 4.42 Å². The van der Waals surface area contributed by atoms with E-state index in [1.165, 1.54) is 0 Å². The highest BCUT2D eigenvalue weighted by molar-refractivity contribution is 6.10. The molecule has 2 aromatic heterocycles. The summed E-state index contributed by atoms with van der Waals surface area (Å²) >= 11 is 0. The number of rotatable bonds is 2. The van der Waals surface area contributed by atoms with Crippen molar-refractivity contribution in [2.45, 2.75) is 26.7 Å². The van der Waals surface area contributed by atoms with Gasteiger partial charge in [0.1, 0.15) is 19.6 Å². The van der Waals surface area contributed by atoms with Gasteiger partial charge in [0.25, 0.3) is 0 Å². The van der Waals surface area contributed by atoms with Gasteiger partial charge in [0.2, 0.25) is 5.69 Å². The van der Waals surface area contributed by atoms with Gasteiger partial charge in [0.15, 0.2) is 11.9 Å². The summed E-state index contributed by atoms with van der Waals surface area (Å²) in [6.45, 7) is 13.0. The number of pyridine rings is 1. The van der Waals surface area contributed by atoms with Crippen molar-refractivity contribution in [1.29, 1.82) is 0 Å². The Kier molecular flexibility index (Phi) is 3.25. The predicted molar refractivity (Wildman–Crippen MR) is 105 cm³/mol. The molecular formula is C23H21N2O+. The van der Waals surface area contributed by atoms with Crippen LogP contribution in [0.1, 0.15) is 33.6 Å². The molecule has 0 fully saturated rings. The third kappa shape index (κ3) is 2.46. The van der Waals surface area contributed by atoms with E-state index >= 15 is 0 Å². The lowest BCUT2D eigenvalue weighted by Gasteiger charge is -2.09. The Morgan fingerprint density at radius 2 is 1.96 bits per heavy atom. The second kappa shape index (κ2) is 6.00. The zero-order chi connectivity index (χ0) is 20.2. The van der Waals surface area contributed by atoms with Crippen LogP contribution >= 0.6 is 0 Å². The lowest BCUT2D eigenvalue weighted by atomic mass is 9.97. The number of furan rings is 1. The lowest BCUT2D eigenvalue weighted by Crippen LogP contribution is -2.31. The van der Waals surface area contributed by atoms with Gasteiger partial charge in [-0.1, -0.05) is 32.0 Å². The maximum atomic E-state index is 8.40. The topological polar surface area (TPSA) is 21.4 Å². The first-order chi connectivity index (χ1) is 13.2. The average molecular weight is 343 g/mol. The third-order valence-corrected chi connectivity index (χ3v) is 4.86. The molecular weight excluding hydrogens is 320 g/mol. The minimum atomic E-state index is -0.807. The molecule has 0 saturated heterocycles. The molecule has 3 nitrogen and oxygen atoms in total. The number of fused-ring (bicyclic) bond motifs is 3. The second-order valence-electron chi connectivity index (χ2n) is 6.85. The summed E-state index contributed by atoms with van der Waals surface area (Å²) < 4.78 is 24.8. The molecule has 0 aliphatic carbocycles. The molecule has 0 saturated carbocycles. The zero-order valence-electron chi connectivity index (χ0n) is 17.3. The Bertz CT molecular complexity index is 1290. The molecule has 0 spiro atoms. The largest absolute Gasteiger partial charge is 0.455 e. The van der Waals surface area contributed by atoms with E-state index in [4.69, 9.17) is 13.7 Å². The van der Waals surface area contributed by atoms with Crippen LogP contribution in [-0.4, -0.2) is 0 Å². The molecule has 128 valence electrons. The summed E-state index contributed by atoms with van der Waals surface area (Å²) in [5.41, 5.74) is 5.64. The highest BCUT2D eigenvalue weighted by Gasteiger charge is 2.21. The molecule has 0 bridgehead atoms. The number of aryl methyl sites for hydroxylation is 1. The van der Waals surface area contributed by atoms with Crippen molar-refractivity contribution in [3.05, 3.63) is 71.2 Å². The van der Waals surface area contributed by atoms with E-state index in [-0.39, 0.29) is 0 Å². The van der Waals surface area contributed by atoms with Crippen LogP contribution < -0.4 is 4.57 Å². The van der Waals surface area contributed by atoms with Crippen LogP contribution in [-0.2, 0) is 7.05 Å². The Balaban J connectivity index is 2.11. The first-order valence-electron chi connectivity index (χ1n) is 9.55. The smallest absolute Gasteiger partial charge is 0.216 e. The molecule has 0 atom stereocenters. The summed E-state index contributed by atoms with van der Waals surface area (Å²) in [7, 11) is 1.86. The highest BCUT2D eigenvalue weighted by Crippen LogP contribution is 2.38. The van der Waals surface area contributed by atoms with E-state index in [1.54, 1.807) is 12.1 Å². The van der Waals surface area contributed by atoms with E-state index in [0.29, 0.717) is 11.9 Å². The van der Waals surface area contributed by atoms with E-state index in [9.17, 15) is 0 Å². The van der Waals surface area contributed by atoms with Gasteiger partial charge >= 0.3 is 0 Å². The van der Waals surface area contributed by atoms with Crippen LogP contribution in [0.5, 0.6) is 0 Å². The van der Waals surface area contributed by atoms with Gasteiger partial charge in [-0.25, -0.2) is 9.41 Å². The fraction of sp³-hybridized carbons (Fsp3) is 0.217. The summed E-state index contributed by atoms with van der Waals surface area (Å²) in [6.07, 6.45) is 0.343. The van der Waals surface area contributed by atoms with Crippen LogP contribution in [0, 0.1) is 13.5 Å². The van der Waals surface area contributed by atoms with E-state index < -0.39 is 5.89 Å². The van der Waals surface area contributed by atoms with Gasteiger partial charge in [-0.2, -0.15) is 0 Å². The number of nitrogens with zero attached hydrogens (tertiary/aromatic N) is 2. The van der Waals surface area contributed by atoms with Crippen molar-refractivity contribution in [1.82, 2.24) is 0 Å². The molecule has 0 aliphatic heterocycles. The zero-order valence-corrected chi connectivity index (χ0v) is 15.3. The Morgan fingerprint density at radius 3 is 2.69 bits per heavy atom. The Hall–Kier alpha value is -3.12. The molecule has 4 rings (SSSR count). The van der Waals surface area contributed by atoms with Crippen molar-refractivity contribution in [3.63, 3.8) is 0 Å². The van der Waals surface area contributed by atoms with Crippen molar-refractivity contribution in [3.8, 4) is 11.3 Å². The molecule has 2 heterocycles. The summed E-state index contributed by atoms with van der Waals surface area (Å²) in [6, 6.07) is 13.2. The summed E-state index contributed by atoms with van der Waals surface area (Å²) in [5, 5.41) is 1.86. The first kappa shape index (κ1) is 14.1. The van der Waals surface area contributed by atoms with Gasteiger partial charge in [0.05, 0.1) is 12.1 Å². The highest BCUT2D eigenvalue weighted by atomic mass is 16.3. The molecule has 0 amide bonds.